The van der Waals surface area contributed by atoms with E-state index in [1.165, 1.54) is 19.2 Å². The summed E-state index contributed by atoms with van der Waals surface area (Å²) < 4.78 is 46.2. The molecule has 0 fully saturated rings. The maximum Gasteiger partial charge on any atom is 0.150 e. The molecule has 0 aliphatic heterocycles. The lowest BCUT2D eigenvalue weighted by atomic mass is 10.1. The van der Waals surface area contributed by atoms with Gasteiger partial charge in [-0.25, -0.2) is 13.2 Å². The minimum absolute atomic E-state index is 0.0641. The molecule has 0 radical (unpaired) electrons. The zero-order chi connectivity index (χ0) is 15.6. The molecule has 0 aromatic heterocycles. The number of ether oxygens (including phenoxy) is 1. The SMILES string of the molecule is COc1cccc(F)c1C(C)Nc1c(F)cc(F)cc1Br. The summed E-state index contributed by atoms with van der Waals surface area (Å²) in [7, 11) is 1.43. The lowest BCUT2D eigenvalue weighted by molar-refractivity contribution is 0.402. The van der Waals surface area contributed by atoms with Crippen LogP contribution in [0.3, 0.4) is 0 Å². The summed E-state index contributed by atoms with van der Waals surface area (Å²) in [5.74, 6) is -1.56. The summed E-state index contributed by atoms with van der Waals surface area (Å²) in [6.45, 7) is 1.66. The maximum absolute atomic E-state index is 14.0. The fourth-order valence-electron chi connectivity index (χ4n) is 2.08. The second kappa shape index (κ2) is 6.39. The number of nitrogens with one attached hydrogen (secondary N) is 1. The minimum atomic E-state index is -0.760. The van der Waals surface area contributed by atoms with E-state index in [4.69, 9.17) is 4.74 Å². The van der Waals surface area contributed by atoms with Gasteiger partial charge in [-0.1, -0.05) is 6.07 Å². The van der Waals surface area contributed by atoms with E-state index < -0.39 is 23.5 Å². The van der Waals surface area contributed by atoms with Crippen LogP contribution in [0.1, 0.15) is 18.5 Å². The van der Waals surface area contributed by atoms with Gasteiger partial charge < -0.3 is 10.1 Å². The monoisotopic (exact) mass is 359 g/mol. The first-order valence-corrected chi connectivity index (χ1v) is 6.96. The van der Waals surface area contributed by atoms with Crippen LogP contribution in [-0.2, 0) is 0 Å². The fourth-order valence-corrected chi connectivity index (χ4v) is 2.61. The van der Waals surface area contributed by atoms with Crippen LogP contribution in [0.2, 0.25) is 0 Å². The van der Waals surface area contributed by atoms with Gasteiger partial charge in [-0.3, -0.25) is 0 Å². The first-order valence-electron chi connectivity index (χ1n) is 6.17. The van der Waals surface area contributed by atoms with E-state index in [1.54, 1.807) is 13.0 Å². The van der Waals surface area contributed by atoms with E-state index in [-0.39, 0.29) is 15.7 Å². The Hall–Kier alpha value is -1.69. The van der Waals surface area contributed by atoms with Gasteiger partial charge in [0.15, 0.2) is 0 Å². The van der Waals surface area contributed by atoms with Crippen LogP contribution in [0, 0.1) is 17.5 Å². The normalized spacial score (nSPS) is 12.1. The van der Waals surface area contributed by atoms with Crippen molar-refractivity contribution in [1.29, 1.82) is 0 Å². The van der Waals surface area contributed by atoms with E-state index in [0.29, 0.717) is 5.75 Å². The molecule has 1 atom stereocenters. The molecule has 1 unspecified atom stereocenters. The first kappa shape index (κ1) is 15.7. The van der Waals surface area contributed by atoms with Crippen LogP contribution in [0.4, 0.5) is 18.9 Å². The third kappa shape index (κ3) is 3.32. The van der Waals surface area contributed by atoms with Crippen LogP contribution >= 0.6 is 15.9 Å². The maximum atomic E-state index is 14.0. The summed E-state index contributed by atoms with van der Waals surface area (Å²) in [4.78, 5) is 0. The van der Waals surface area contributed by atoms with Crippen LogP contribution < -0.4 is 10.1 Å². The summed E-state index contributed by atoms with van der Waals surface area (Å²) in [6, 6.07) is 5.77. The van der Waals surface area contributed by atoms with Crippen molar-refractivity contribution in [3.8, 4) is 5.75 Å². The standard InChI is InChI=1S/C15H13BrF3NO/c1-8(14-11(18)4-3-5-13(14)21-2)20-15-10(16)6-9(17)7-12(15)19/h3-8,20H,1-2H3. The Morgan fingerprint density at radius 2 is 1.86 bits per heavy atom. The zero-order valence-electron chi connectivity index (χ0n) is 11.4. The van der Waals surface area contributed by atoms with Crippen molar-refractivity contribution in [2.75, 3.05) is 12.4 Å². The second-order valence-electron chi connectivity index (χ2n) is 4.47. The van der Waals surface area contributed by atoms with Gasteiger partial charge in [-0.2, -0.15) is 0 Å². The molecular formula is C15H13BrF3NO. The number of anilines is 1. The molecule has 0 bridgehead atoms. The Bertz CT molecular complexity index is 640. The van der Waals surface area contributed by atoms with E-state index >= 15 is 0 Å². The van der Waals surface area contributed by atoms with E-state index in [0.717, 1.165) is 12.1 Å². The topological polar surface area (TPSA) is 21.3 Å². The molecule has 1 N–H and O–H groups in total. The molecule has 21 heavy (non-hydrogen) atoms. The smallest absolute Gasteiger partial charge is 0.150 e. The minimum Gasteiger partial charge on any atom is -0.496 e. The number of rotatable bonds is 4. The van der Waals surface area contributed by atoms with E-state index in [9.17, 15) is 13.2 Å². The van der Waals surface area contributed by atoms with Crippen molar-refractivity contribution in [1.82, 2.24) is 0 Å². The number of hydrogen-bond donors (Lipinski definition) is 1. The van der Waals surface area contributed by atoms with Gasteiger partial charge >= 0.3 is 0 Å². The van der Waals surface area contributed by atoms with Crippen molar-refractivity contribution in [2.45, 2.75) is 13.0 Å². The van der Waals surface area contributed by atoms with Crippen molar-refractivity contribution in [2.24, 2.45) is 0 Å². The van der Waals surface area contributed by atoms with Crippen LogP contribution in [-0.4, -0.2) is 7.11 Å². The lowest BCUT2D eigenvalue weighted by Gasteiger charge is -2.20. The van der Waals surface area contributed by atoms with Gasteiger partial charge in [-0.15, -0.1) is 0 Å². The van der Waals surface area contributed by atoms with Crippen LogP contribution in [0.25, 0.3) is 0 Å². The van der Waals surface area contributed by atoms with Crippen molar-refractivity contribution < 1.29 is 17.9 Å². The Morgan fingerprint density at radius 1 is 1.14 bits per heavy atom. The van der Waals surface area contributed by atoms with Crippen molar-refractivity contribution >= 4 is 21.6 Å². The Balaban J connectivity index is 2.37. The van der Waals surface area contributed by atoms with Crippen LogP contribution in [0.15, 0.2) is 34.8 Å². The molecule has 0 heterocycles. The highest BCUT2D eigenvalue weighted by atomic mass is 79.9. The summed E-state index contributed by atoms with van der Waals surface area (Å²) in [5, 5.41) is 2.83. The summed E-state index contributed by atoms with van der Waals surface area (Å²) in [5.41, 5.74) is 0.338. The van der Waals surface area contributed by atoms with Gasteiger partial charge in [0.2, 0.25) is 0 Å². The van der Waals surface area contributed by atoms with Gasteiger partial charge in [0, 0.05) is 10.5 Å². The predicted octanol–water partition coefficient (Wildman–Crippen LogP) is 5.05. The molecule has 0 saturated heterocycles. The summed E-state index contributed by atoms with van der Waals surface area (Å²) >= 11 is 3.09. The molecule has 0 aliphatic rings. The predicted molar refractivity (Wildman–Crippen MR) is 79.0 cm³/mol. The Morgan fingerprint density at radius 3 is 2.48 bits per heavy atom. The molecule has 2 aromatic carbocycles. The molecule has 112 valence electrons. The fraction of sp³-hybridized carbons (Fsp3) is 0.200. The molecule has 2 rings (SSSR count). The van der Waals surface area contributed by atoms with Crippen molar-refractivity contribution in [3.05, 3.63) is 57.8 Å². The van der Waals surface area contributed by atoms with Gasteiger partial charge in [0.25, 0.3) is 0 Å². The van der Waals surface area contributed by atoms with E-state index in [2.05, 4.69) is 21.2 Å². The molecular weight excluding hydrogens is 347 g/mol. The van der Waals surface area contributed by atoms with E-state index in [1.807, 2.05) is 0 Å². The number of hydrogen-bond acceptors (Lipinski definition) is 2. The highest BCUT2D eigenvalue weighted by molar-refractivity contribution is 9.10. The summed E-state index contributed by atoms with van der Waals surface area (Å²) in [6.07, 6.45) is 0. The van der Waals surface area contributed by atoms with Gasteiger partial charge in [-0.05, 0) is 41.1 Å². The third-order valence-corrected chi connectivity index (χ3v) is 3.66. The average Bonchev–Trinajstić information content (AvgIpc) is 2.42. The number of benzene rings is 2. The van der Waals surface area contributed by atoms with Gasteiger partial charge in [0.1, 0.15) is 23.2 Å². The molecule has 0 aliphatic carbocycles. The largest absolute Gasteiger partial charge is 0.496 e. The zero-order valence-corrected chi connectivity index (χ0v) is 13.0. The van der Waals surface area contributed by atoms with Gasteiger partial charge in [0.05, 0.1) is 24.4 Å². The molecule has 6 heteroatoms. The molecule has 0 spiro atoms. The second-order valence-corrected chi connectivity index (χ2v) is 5.32. The highest BCUT2D eigenvalue weighted by Gasteiger charge is 2.19. The Kier molecular flexibility index (Phi) is 4.77. The first-order chi connectivity index (χ1) is 9.93. The number of halogens is 4. The third-order valence-electron chi connectivity index (χ3n) is 3.03. The van der Waals surface area contributed by atoms with Crippen LogP contribution in [0.5, 0.6) is 5.75 Å². The molecule has 0 amide bonds. The Labute approximate surface area is 129 Å². The number of methoxy groups -OCH3 is 1. The quantitative estimate of drug-likeness (QED) is 0.824. The molecule has 0 saturated carbocycles. The molecule has 2 aromatic rings. The van der Waals surface area contributed by atoms with Crippen molar-refractivity contribution in [3.63, 3.8) is 0 Å². The average molecular weight is 360 g/mol. The highest BCUT2D eigenvalue weighted by Crippen LogP contribution is 2.34. The lowest BCUT2D eigenvalue weighted by Crippen LogP contribution is -2.12. The molecule has 2 nitrogen and oxygen atoms in total.